The maximum absolute atomic E-state index is 11.8. The van der Waals surface area contributed by atoms with Crippen LogP contribution in [0.25, 0.3) is 0 Å². The molecule has 0 radical (unpaired) electrons. The molecule has 1 N–H and O–H groups in total. The molecule has 0 amide bonds. The molecule has 2 fully saturated rings. The van der Waals surface area contributed by atoms with E-state index in [2.05, 4.69) is 5.32 Å². The van der Waals surface area contributed by atoms with Crippen LogP contribution in [-0.2, 0) is 9.53 Å². The van der Waals surface area contributed by atoms with Gasteiger partial charge in [-0.3, -0.25) is 4.79 Å². The van der Waals surface area contributed by atoms with Gasteiger partial charge in [-0.15, -0.1) is 0 Å². The fourth-order valence-corrected chi connectivity index (χ4v) is 2.17. The molecular weight excluding hydrogens is 166 g/mol. The molecule has 3 heteroatoms. The Labute approximate surface area is 78.8 Å². The average Bonchev–Trinajstić information content (AvgIpc) is 2.71. The molecule has 3 nitrogen and oxygen atoms in total. The Morgan fingerprint density at radius 1 is 1.23 bits per heavy atom. The molecule has 0 aliphatic carbocycles. The number of piperidine rings is 1. The molecule has 0 aromatic heterocycles. The van der Waals surface area contributed by atoms with Crippen LogP contribution < -0.4 is 5.32 Å². The zero-order valence-corrected chi connectivity index (χ0v) is 7.92. The van der Waals surface area contributed by atoms with Crippen LogP contribution in [0.15, 0.2) is 0 Å². The van der Waals surface area contributed by atoms with Crippen LogP contribution in [0.1, 0.15) is 25.7 Å². The van der Waals surface area contributed by atoms with Crippen LogP contribution in [0.4, 0.5) is 0 Å². The topological polar surface area (TPSA) is 38.3 Å². The predicted molar refractivity (Wildman–Crippen MR) is 49.6 cm³/mol. The van der Waals surface area contributed by atoms with Crippen LogP contribution in [-0.4, -0.2) is 31.6 Å². The summed E-state index contributed by atoms with van der Waals surface area (Å²) in [6, 6.07) is 0. The zero-order valence-electron chi connectivity index (χ0n) is 7.92. The molecule has 0 bridgehead atoms. The van der Waals surface area contributed by atoms with Crippen molar-refractivity contribution in [2.24, 2.45) is 5.92 Å². The van der Waals surface area contributed by atoms with Gasteiger partial charge in [-0.25, -0.2) is 0 Å². The molecule has 2 aliphatic rings. The molecular formula is C10H17NO2. The van der Waals surface area contributed by atoms with Gasteiger partial charge in [-0.2, -0.15) is 0 Å². The van der Waals surface area contributed by atoms with Gasteiger partial charge in [-0.1, -0.05) is 0 Å². The SMILES string of the molecule is O=C(C1CCNCC1)C1CCCO1. The fourth-order valence-electron chi connectivity index (χ4n) is 2.17. The van der Waals surface area contributed by atoms with Gasteiger partial charge in [0, 0.05) is 12.5 Å². The first kappa shape index (κ1) is 9.16. The van der Waals surface area contributed by atoms with E-state index < -0.39 is 0 Å². The van der Waals surface area contributed by atoms with Gasteiger partial charge in [0.05, 0.1) is 0 Å². The highest BCUT2D eigenvalue weighted by Crippen LogP contribution is 2.21. The predicted octanol–water partition coefficient (Wildman–Crippen LogP) is 0.734. The third-order valence-corrected chi connectivity index (χ3v) is 2.99. The van der Waals surface area contributed by atoms with E-state index in [1.165, 1.54) is 0 Å². The smallest absolute Gasteiger partial charge is 0.164 e. The molecule has 74 valence electrons. The Hall–Kier alpha value is -0.410. The number of ketones is 1. The van der Waals surface area contributed by atoms with Crippen LogP contribution in [0.2, 0.25) is 0 Å². The monoisotopic (exact) mass is 183 g/mol. The fraction of sp³-hybridized carbons (Fsp3) is 0.900. The summed E-state index contributed by atoms with van der Waals surface area (Å²) in [5.74, 6) is 0.628. The van der Waals surface area contributed by atoms with E-state index in [0.717, 1.165) is 45.4 Å². The summed E-state index contributed by atoms with van der Waals surface area (Å²) >= 11 is 0. The third kappa shape index (κ3) is 2.09. The van der Waals surface area contributed by atoms with Crippen molar-refractivity contribution >= 4 is 5.78 Å². The van der Waals surface area contributed by atoms with Crippen molar-refractivity contribution in [3.63, 3.8) is 0 Å². The maximum Gasteiger partial charge on any atom is 0.164 e. The first-order chi connectivity index (χ1) is 6.38. The van der Waals surface area contributed by atoms with Crippen molar-refractivity contribution in [1.29, 1.82) is 0 Å². The molecule has 2 saturated heterocycles. The van der Waals surface area contributed by atoms with Gasteiger partial charge >= 0.3 is 0 Å². The quantitative estimate of drug-likeness (QED) is 0.686. The Morgan fingerprint density at radius 2 is 2.00 bits per heavy atom. The number of nitrogens with one attached hydrogen (secondary N) is 1. The lowest BCUT2D eigenvalue weighted by Gasteiger charge is -2.23. The summed E-state index contributed by atoms with van der Waals surface area (Å²) in [6.45, 7) is 2.76. The Balaban J connectivity index is 1.87. The average molecular weight is 183 g/mol. The largest absolute Gasteiger partial charge is 0.370 e. The minimum absolute atomic E-state index is 0.0666. The molecule has 13 heavy (non-hydrogen) atoms. The molecule has 0 aromatic rings. The van der Waals surface area contributed by atoms with E-state index in [-0.39, 0.29) is 12.0 Å². The number of rotatable bonds is 2. The molecule has 0 saturated carbocycles. The first-order valence-corrected chi connectivity index (χ1v) is 5.24. The number of hydrogen-bond acceptors (Lipinski definition) is 3. The highest BCUT2D eigenvalue weighted by molar-refractivity contribution is 5.85. The Bertz CT molecular complexity index is 181. The molecule has 2 aliphatic heterocycles. The number of carbonyl (C=O) groups excluding carboxylic acids is 1. The van der Waals surface area contributed by atoms with Crippen molar-refractivity contribution < 1.29 is 9.53 Å². The van der Waals surface area contributed by atoms with E-state index in [1.54, 1.807) is 0 Å². The van der Waals surface area contributed by atoms with E-state index in [0.29, 0.717) is 5.78 Å². The summed E-state index contributed by atoms with van der Waals surface area (Å²) in [5.41, 5.74) is 0. The van der Waals surface area contributed by atoms with Crippen molar-refractivity contribution in [2.75, 3.05) is 19.7 Å². The lowest BCUT2D eigenvalue weighted by molar-refractivity contribution is -0.132. The highest BCUT2D eigenvalue weighted by Gasteiger charge is 2.30. The highest BCUT2D eigenvalue weighted by atomic mass is 16.5. The molecule has 0 spiro atoms. The standard InChI is InChI=1S/C10H17NO2/c12-10(9-2-1-7-13-9)8-3-5-11-6-4-8/h8-9,11H,1-7H2. The van der Waals surface area contributed by atoms with E-state index in [4.69, 9.17) is 4.74 Å². The summed E-state index contributed by atoms with van der Waals surface area (Å²) in [5, 5.41) is 3.27. The Kier molecular flexibility index (Phi) is 2.96. The van der Waals surface area contributed by atoms with Gasteiger partial charge in [0.1, 0.15) is 6.10 Å². The number of ether oxygens (including phenoxy) is 1. The van der Waals surface area contributed by atoms with Crippen molar-refractivity contribution in [1.82, 2.24) is 5.32 Å². The number of Topliss-reactive ketones (excluding diaryl/α,β-unsaturated/α-hetero) is 1. The molecule has 0 aromatic carbocycles. The molecule has 1 atom stereocenters. The molecule has 2 rings (SSSR count). The minimum atomic E-state index is -0.0666. The van der Waals surface area contributed by atoms with Crippen LogP contribution in [0.5, 0.6) is 0 Å². The van der Waals surface area contributed by atoms with Crippen LogP contribution in [0.3, 0.4) is 0 Å². The van der Waals surface area contributed by atoms with E-state index in [9.17, 15) is 4.79 Å². The van der Waals surface area contributed by atoms with E-state index >= 15 is 0 Å². The lowest BCUT2D eigenvalue weighted by atomic mass is 9.90. The minimum Gasteiger partial charge on any atom is -0.370 e. The first-order valence-electron chi connectivity index (χ1n) is 5.24. The lowest BCUT2D eigenvalue weighted by Crippen LogP contribution is -2.36. The van der Waals surface area contributed by atoms with Gasteiger partial charge < -0.3 is 10.1 Å². The van der Waals surface area contributed by atoms with Gasteiger partial charge in [0.15, 0.2) is 5.78 Å². The maximum atomic E-state index is 11.8. The second-order valence-corrected chi connectivity index (χ2v) is 3.93. The summed E-state index contributed by atoms with van der Waals surface area (Å²) < 4.78 is 5.40. The summed E-state index contributed by atoms with van der Waals surface area (Å²) in [4.78, 5) is 11.8. The molecule has 1 unspecified atom stereocenters. The van der Waals surface area contributed by atoms with Crippen molar-refractivity contribution in [2.45, 2.75) is 31.8 Å². The van der Waals surface area contributed by atoms with E-state index in [1.807, 2.05) is 0 Å². The van der Waals surface area contributed by atoms with Crippen molar-refractivity contribution in [3.8, 4) is 0 Å². The molecule has 2 heterocycles. The van der Waals surface area contributed by atoms with Crippen LogP contribution >= 0.6 is 0 Å². The van der Waals surface area contributed by atoms with Gasteiger partial charge in [0.25, 0.3) is 0 Å². The number of carbonyl (C=O) groups is 1. The zero-order chi connectivity index (χ0) is 9.10. The van der Waals surface area contributed by atoms with Crippen molar-refractivity contribution in [3.05, 3.63) is 0 Å². The van der Waals surface area contributed by atoms with Crippen LogP contribution in [0, 0.1) is 5.92 Å². The Morgan fingerprint density at radius 3 is 2.62 bits per heavy atom. The third-order valence-electron chi connectivity index (χ3n) is 2.99. The second-order valence-electron chi connectivity index (χ2n) is 3.93. The number of hydrogen-bond donors (Lipinski definition) is 1. The second kappa shape index (κ2) is 4.20. The van der Waals surface area contributed by atoms with Gasteiger partial charge in [-0.05, 0) is 38.8 Å². The summed E-state index contributed by atoms with van der Waals surface area (Å²) in [7, 11) is 0. The summed E-state index contributed by atoms with van der Waals surface area (Å²) in [6.07, 6.45) is 3.93. The normalized spacial score (nSPS) is 30.6. The van der Waals surface area contributed by atoms with Gasteiger partial charge in [0.2, 0.25) is 0 Å².